The fourth-order valence-electron chi connectivity index (χ4n) is 1.88. The molecule has 5 heteroatoms. The number of aliphatic hydroxyl groups is 1. The molecule has 1 aromatic heterocycles. The van der Waals surface area contributed by atoms with Crippen molar-refractivity contribution in [1.29, 1.82) is 0 Å². The van der Waals surface area contributed by atoms with E-state index in [0.29, 0.717) is 13.1 Å². The molecule has 21 heavy (non-hydrogen) atoms. The van der Waals surface area contributed by atoms with Gasteiger partial charge in [0.05, 0.1) is 0 Å². The van der Waals surface area contributed by atoms with Gasteiger partial charge >= 0.3 is 6.03 Å². The molecule has 0 bridgehead atoms. The van der Waals surface area contributed by atoms with Crippen LogP contribution in [0.15, 0.2) is 18.3 Å². The van der Waals surface area contributed by atoms with Gasteiger partial charge in [-0.25, -0.2) is 4.79 Å². The first-order chi connectivity index (χ1) is 9.93. The van der Waals surface area contributed by atoms with Gasteiger partial charge in [-0.1, -0.05) is 19.9 Å². The number of hydrogen-bond donors (Lipinski definition) is 3. The zero-order chi connectivity index (χ0) is 15.7. The molecule has 0 aromatic carbocycles. The largest absolute Gasteiger partial charge is 0.396 e. The second-order valence-corrected chi connectivity index (χ2v) is 6.17. The van der Waals surface area contributed by atoms with Crippen LogP contribution in [0.25, 0.3) is 0 Å². The molecule has 0 atom stereocenters. The van der Waals surface area contributed by atoms with Gasteiger partial charge in [0.15, 0.2) is 0 Å². The van der Waals surface area contributed by atoms with E-state index in [0.717, 1.165) is 30.5 Å². The van der Waals surface area contributed by atoms with Crippen LogP contribution < -0.4 is 10.6 Å². The normalized spacial score (nSPS) is 11.2. The van der Waals surface area contributed by atoms with Gasteiger partial charge in [-0.15, -0.1) is 0 Å². The van der Waals surface area contributed by atoms with Crippen LogP contribution in [0.2, 0.25) is 0 Å². The number of amides is 2. The minimum atomic E-state index is -0.142. The molecule has 1 rings (SSSR count). The van der Waals surface area contributed by atoms with Crippen molar-refractivity contribution >= 4 is 6.03 Å². The molecule has 0 fully saturated rings. The molecule has 0 aliphatic heterocycles. The second kappa shape index (κ2) is 8.62. The van der Waals surface area contributed by atoms with E-state index in [2.05, 4.69) is 15.6 Å². The second-order valence-electron chi connectivity index (χ2n) is 6.17. The first-order valence-electron chi connectivity index (χ1n) is 7.47. The molecular formula is C16H27N3O2. The highest BCUT2D eigenvalue weighted by Crippen LogP contribution is 2.20. The summed E-state index contributed by atoms with van der Waals surface area (Å²) < 4.78 is 0. The topological polar surface area (TPSA) is 74.2 Å². The highest BCUT2D eigenvalue weighted by molar-refractivity contribution is 5.73. The summed E-state index contributed by atoms with van der Waals surface area (Å²) in [6.07, 6.45) is 4.37. The third-order valence-corrected chi connectivity index (χ3v) is 3.42. The maximum atomic E-state index is 11.6. The lowest BCUT2D eigenvalue weighted by Gasteiger charge is -2.21. The Morgan fingerprint density at radius 2 is 2.00 bits per heavy atom. The van der Waals surface area contributed by atoms with Gasteiger partial charge in [-0.3, -0.25) is 4.98 Å². The van der Waals surface area contributed by atoms with Gasteiger partial charge in [0.25, 0.3) is 0 Å². The Bertz CT molecular complexity index is 430. The Balaban J connectivity index is 2.10. The molecule has 1 aromatic rings. The molecule has 0 saturated carbocycles. The number of aliphatic hydroxyl groups excluding tert-OH is 1. The highest BCUT2D eigenvalue weighted by atomic mass is 16.3. The number of urea groups is 1. The highest BCUT2D eigenvalue weighted by Gasteiger charge is 2.15. The molecule has 5 nitrogen and oxygen atoms in total. The molecular weight excluding hydrogens is 266 g/mol. The van der Waals surface area contributed by atoms with Gasteiger partial charge in [0.2, 0.25) is 0 Å². The standard InChI is InChI=1S/C16H27N3O2/c1-13-5-6-14(11-19-13)7-10-18-15(21)17-9-4-8-16(2,3)12-20/h5-6,11,20H,4,7-10,12H2,1-3H3,(H2,17,18,21). The molecule has 118 valence electrons. The zero-order valence-electron chi connectivity index (χ0n) is 13.3. The van der Waals surface area contributed by atoms with E-state index < -0.39 is 0 Å². The molecule has 2 amide bonds. The van der Waals surface area contributed by atoms with E-state index >= 15 is 0 Å². The van der Waals surface area contributed by atoms with Gasteiger partial charge in [0.1, 0.15) is 0 Å². The van der Waals surface area contributed by atoms with Gasteiger partial charge in [-0.05, 0) is 43.2 Å². The lowest BCUT2D eigenvalue weighted by atomic mass is 9.89. The zero-order valence-corrected chi connectivity index (χ0v) is 13.3. The van der Waals surface area contributed by atoms with Crippen LogP contribution >= 0.6 is 0 Å². The van der Waals surface area contributed by atoms with E-state index in [1.165, 1.54) is 0 Å². The number of nitrogens with one attached hydrogen (secondary N) is 2. The summed E-state index contributed by atoms with van der Waals surface area (Å²) in [5, 5.41) is 14.8. The maximum Gasteiger partial charge on any atom is 0.314 e. The quantitative estimate of drug-likeness (QED) is 0.642. The van der Waals surface area contributed by atoms with Gasteiger partial charge in [-0.2, -0.15) is 0 Å². The molecule has 0 aliphatic carbocycles. The van der Waals surface area contributed by atoms with Gasteiger partial charge < -0.3 is 15.7 Å². The molecule has 0 radical (unpaired) electrons. The Kier molecular flexibility index (Phi) is 7.15. The van der Waals surface area contributed by atoms with E-state index in [4.69, 9.17) is 5.11 Å². The summed E-state index contributed by atoms with van der Waals surface area (Å²) in [6.45, 7) is 7.38. The Labute approximate surface area is 127 Å². The monoisotopic (exact) mass is 293 g/mol. The third kappa shape index (κ3) is 7.66. The van der Waals surface area contributed by atoms with E-state index in [-0.39, 0.29) is 18.1 Å². The lowest BCUT2D eigenvalue weighted by Crippen LogP contribution is -2.37. The van der Waals surface area contributed by atoms with Crippen LogP contribution in [0, 0.1) is 12.3 Å². The minimum Gasteiger partial charge on any atom is -0.396 e. The van der Waals surface area contributed by atoms with Crippen molar-refractivity contribution < 1.29 is 9.90 Å². The van der Waals surface area contributed by atoms with Crippen LogP contribution in [0.3, 0.4) is 0 Å². The smallest absolute Gasteiger partial charge is 0.314 e. The summed E-state index contributed by atoms with van der Waals surface area (Å²) in [7, 11) is 0. The van der Waals surface area contributed by atoms with Crippen molar-refractivity contribution in [2.45, 2.75) is 40.0 Å². The number of pyridine rings is 1. The maximum absolute atomic E-state index is 11.6. The minimum absolute atomic E-state index is 0.0728. The number of carbonyl (C=O) groups is 1. The summed E-state index contributed by atoms with van der Waals surface area (Å²) in [4.78, 5) is 15.8. The van der Waals surface area contributed by atoms with Gasteiger partial charge in [0, 0.05) is 31.6 Å². The lowest BCUT2D eigenvalue weighted by molar-refractivity contribution is 0.148. The fraction of sp³-hybridized carbons (Fsp3) is 0.625. The van der Waals surface area contributed by atoms with Crippen LogP contribution in [0.5, 0.6) is 0 Å². The number of aromatic nitrogens is 1. The molecule has 0 aliphatic rings. The Hall–Kier alpha value is -1.62. The van der Waals surface area contributed by atoms with E-state index in [1.807, 2.05) is 39.1 Å². The predicted molar refractivity (Wildman–Crippen MR) is 84.2 cm³/mol. The molecule has 1 heterocycles. The summed E-state index contributed by atoms with van der Waals surface area (Å²) in [5.74, 6) is 0. The molecule has 0 saturated heterocycles. The predicted octanol–water partition coefficient (Wildman–Crippen LogP) is 2.03. The van der Waals surface area contributed by atoms with Crippen LogP contribution in [-0.2, 0) is 6.42 Å². The SMILES string of the molecule is Cc1ccc(CCNC(=O)NCCCC(C)(C)CO)cn1. The summed E-state index contributed by atoms with van der Waals surface area (Å²) >= 11 is 0. The third-order valence-electron chi connectivity index (χ3n) is 3.42. The van der Waals surface area contributed by atoms with Crippen molar-refractivity contribution in [2.24, 2.45) is 5.41 Å². The first-order valence-corrected chi connectivity index (χ1v) is 7.47. The molecule has 0 unspecified atom stereocenters. The number of hydrogen-bond acceptors (Lipinski definition) is 3. The first kappa shape index (κ1) is 17.4. The number of nitrogens with zero attached hydrogens (tertiary/aromatic N) is 1. The summed E-state index contributed by atoms with van der Waals surface area (Å²) in [6, 6.07) is 3.86. The van der Waals surface area contributed by atoms with Crippen LogP contribution in [-0.4, -0.2) is 35.8 Å². The molecule has 3 N–H and O–H groups in total. The number of carbonyl (C=O) groups excluding carboxylic acids is 1. The average Bonchev–Trinajstić information content (AvgIpc) is 2.46. The Morgan fingerprint density at radius 1 is 1.29 bits per heavy atom. The average molecular weight is 293 g/mol. The van der Waals surface area contributed by atoms with Crippen molar-refractivity contribution in [3.63, 3.8) is 0 Å². The number of rotatable bonds is 8. The summed E-state index contributed by atoms with van der Waals surface area (Å²) in [5.41, 5.74) is 2.04. The fourth-order valence-corrected chi connectivity index (χ4v) is 1.88. The Morgan fingerprint density at radius 3 is 2.62 bits per heavy atom. The van der Waals surface area contributed by atoms with Crippen molar-refractivity contribution in [3.8, 4) is 0 Å². The van der Waals surface area contributed by atoms with E-state index in [9.17, 15) is 4.79 Å². The van der Waals surface area contributed by atoms with Crippen molar-refractivity contribution in [3.05, 3.63) is 29.6 Å². The van der Waals surface area contributed by atoms with Crippen molar-refractivity contribution in [1.82, 2.24) is 15.6 Å². The molecule has 0 spiro atoms. The van der Waals surface area contributed by atoms with Crippen LogP contribution in [0.1, 0.15) is 37.9 Å². The number of aryl methyl sites for hydroxylation is 1. The van der Waals surface area contributed by atoms with E-state index in [1.54, 1.807) is 0 Å². The van der Waals surface area contributed by atoms with Crippen molar-refractivity contribution in [2.75, 3.05) is 19.7 Å². The van der Waals surface area contributed by atoms with Crippen LogP contribution in [0.4, 0.5) is 4.79 Å².